The van der Waals surface area contributed by atoms with E-state index in [1.807, 2.05) is 11.3 Å². The lowest BCUT2D eigenvalue weighted by atomic mass is 10.1. The fourth-order valence-corrected chi connectivity index (χ4v) is 6.76. The molecular formula is C30H18N2S. The molecule has 0 fully saturated rings. The molecule has 0 radical (unpaired) electrons. The zero-order valence-corrected chi connectivity index (χ0v) is 18.5. The third kappa shape index (κ3) is 2.27. The van der Waals surface area contributed by atoms with E-state index in [4.69, 9.17) is 0 Å². The number of nitrogens with zero attached hydrogens (tertiary/aromatic N) is 1. The van der Waals surface area contributed by atoms with E-state index < -0.39 is 0 Å². The van der Waals surface area contributed by atoms with Gasteiger partial charge in [0.05, 0.1) is 11.0 Å². The molecule has 1 N–H and O–H groups in total. The summed E-state index contributed by atoms with van der Waals surface area (Å²) in [4.78, 5) is 3.71. The number of aromatic nitrogens is 2. The van der Waals surface area contributed by atoms with Crippen LogP contribution in [0.1, 0.15) is 0 Å². The van der Waals surface area contributed by atoms with Crippen molar-refractivity contribution in [2.75, 3.05) is 0 Å². The Balaban J connectivity index is 1.46. The first-order valence-corrected chi connectivity index (χ1v) is 12.0. The van der Waals surface area contributed by atoms with Gasteiger partial charge in [0.2, 0.25) is 0 Å². The molecule has 3 heteroatoms. The third-order valence-electron chi connectivity index (χ3n) is 6.93. The minimum absolute atomic E-state index is 1.18. The molecule has 3 heterocycles. The zero-order valence-electron chi connectivity index (χ0n) is 17.7. The van der Waals surface area contributed by atoms with E-state index >= 15 is 0 Å². The first-order valence-electron chi connectivity index (χ1n) is 11.2. The summed E-state index contributed by atoms with van der Waals surface area (Å²) >= 11 is 1.89. The molecular weight excluding hydrogens is 420 g/mol. The van der Waals surface area contributed by atoms with Crippen LogP contribution in [0.25, 0.3) is 69.5 Å². The van der Waals surface area contributed by atoms with Gasteiger partial charge < -0.3 is 9.55 Å². The number of para-hydroxylation sites is 2. The van der Waals surface area contributed by atoms with E-state index in [0.29, 0.717) is 0 Å². The molecule has 0 bridgehead atoms. The summed E-state index contributed by atoms with van der Waals surface area (Å²) in [5.74, 6) is 0. The van der Waals surface area contributed by atoms with E-state index in [9.17, 15) is 0 Å². The van der Waals surface area contributed by atoms with Crippen LogP contribution in [0.15, 0.2) is 103 Å². The number of thiophene rings is 1. The monoisotopic (exact) mass is 438 g/mol. The minimum Gasteiger partial charge on any atom is -0.354 e. The Morgan fingerprint density at radius 3 is 2.00 bits per heavy atom. The summed E-state index contributed by atoms with van der Waals surface area (Å²) in [6.45, 7) is 0. The molecule has 33 heavy (non-hydrogen) atoms. The van der Waals surface area contributed by atoms with Crippen LogP contribution in [0.4, 0.5) is 0 Å². The van der Waals surface area contributed by atoms with Gasteiger partial charge in [0.25, 0.3) is 0 Å². The lowest BCUT2D eigenvalue weighted by Crippen LogP contribution is -1.93. The summed E-state index contributed by atoms with van der Waals surface area (Å²) in [6.07, 6.45) is 0. The van der Waals surface area contributed by atoms with Gasteiger partial charge in [-0.2, -0.15) is 0 Å². The Bertz CT molecular complexity index is 1980. The normalized spacial score (nSPS) is 12.2. The molecule has 0 spiro atoms. The quantitative estimate of drug-likeness (QED) is 0.264. The van der Waals surface area contributed by atoms with Gasteiger partial charge in [0.15, 0.2) is 0 Å². The molecule has 3 aromatic heterocycles. The van der Waals surface area contributed by atoms with Crippen molar-refractivity contribution in [3.05, 3.63) is 103 Å². The van der Waals surface area contributed by atoms with Gasteiger partial charge in [-0.15, -0.1) is 11.3 Å². The largest absolute Gasteiger partial charge is 0.354 e. The van der Waals surface area contributed by atoms with Crippen LogP contribution in [0, 0.1) is 0 Å². The lowest BCUT2D eigenvalue weighted by Gasteiger charge is -2.08. The molecule has 154 valence electrons. The zero-order chi connectivity index (χ0) is 21.5. The molecule has 0 aliphatic heterocycles. The van der Waals surface area contributed by atoms with E-state index in [1.54, 1.807) is 0 Å². The summed E-state index contributed by atoms with van der Waals surface area (Å²) in [5, 5.41) is 7.88. The Morgan fingerprint density at radius 1 is 0.545 bits per heavy atom. The van der Waals surface area contributed by atoms with Crippen LogP contribution in [-0.4, -0.2) is 9.55 Å². The smallest absolute Gasteiger partial charge is 0.0541 e. The maximum Gasteiger partial charge on any atom is 0.0541 e. The van der Waals surface area contributed by atoms with Crippen molar-refractivity contribution in [3.8, 4) is 5.69 Å². The topological polar surface area (TPSA) is 20.7 Å². The standard InChI is InChI=1S/C30H18N2S/c1-4-10-26-19(7-1)20-8-2-5-11-27(20)32(26)18-13-14-23-25(17-18)31-24-16-15-22-21-9-3-6-12-28(21)33-30(22)29(23)24/h1-17,31H. The van der Waals surface area contributed by atoms with Crippen LogP contribution in [-0.2, 0) is 0 Å². The Morgan fingerprint density at radius 2 is 1.21 bits per heavy atom. The number of benzene rings is 5. The van der Waals surface area contributed by atoms with Gasteiger partial charge in [0.1, 0.15) is 0 Å². The molecule has 0 saturated heterocycles. The number of rotatable bonds is 1. The highest BCUT2D eigenvalue weighted by Gasteiger charge is 2.15. The van der Waals surface area contributed by atoms with E-state index in [0.717, 1.165) is 0 Å². The number of nitrogens with one attached hydrogen (secondary N) is 1. The maximum absolute atomic E-state index is 3.71. The first-order chi connectivity index (χ1) is 16.4. The van der Waals surface area contributed by atoms with Gasteiger partial charge in [-0.25, -0.2) is 0 Å². The van der Waals surface area contributed by atoms with Gasteiger partial charge in [0, 0.05) is 58.4 Å². The van der Waals surface area contributed by atoms with Gasteiger partial charge in [-0.1, -0.05) is 66.7 Å². The van der Waals surface area contributed by atoms with Crippen molar-refractivity contribution in [3.63, 3.8) is 0 Å². The molecule has 8 aromatic rings. The summed E-state index contributed by atoms with van der Waals surface area (Å²) in [5.41, 5.74) is 6.03. The van der Waals surface area contributed by atoms with E-state index in [1.165, 1.54) is 69.5 Å². The molecule has 0 atom stereocenters. The SMILES string of the molecule is c1ccc2c(c1)sc1c2ccc2[nH]c3cc(-n4c5ccccc5c5ccccc54)ccc3c21. The van der Waals surface area contributed by atoms with Crippen molar-refractivity contribution in [1.29, 1.82) is 0 Å². The Kier molecular flexibility index (Phi) is 3.31. The van der Waals surface area contributed by atoms with Crippen LogP contribution >= 0.6 is 11.3 Å². The fraction of sp³-hybridized carbons (Fsp3) is 0. The second-order valence-electron chi connectivity index (χ2n) is 8.69. The minimum atomic E-state index is 1.18. The van der Waals surface area contributed by atoms with Crippen LogP contribution in [0.3, 0.4) is 0 Å². The number of fused-ring (bicyclic) bond motifs is 10. The highest BCUT2D eigenvalue weighted by molar-refractivity contribution is 7.26. The summed E-state index contributed by atoms with van der Waals surface area (Å²) in [6, 6.07) is 37.4. The predicted molar refractivity (Wildman–Crippen MR) is 143 cm³/mol. The molecule has 0 aliphatic carbocycles. The molecule has 2 nitrogen and oxygen atoms in total. The number of hydrogen-bond donors (Lipinski definition) is 1. The van der Waals surface area contributed by atoms with Crippen molar-refractivity contribution < 1.29 is 0 Å². The van der Waals surface area contributed by atoms with Gasteiger partial charge in [-0.3, -0.25) is 0 Å². The molecule has 0 unspecified atom stereocenters. The third-order valence-corrected chi connectivity index (χ3v) is 8.13. The molecule has 5 aromatic carbocycles. The van der Waals surface area contributed by atoms with Crippen molar-refractivity contribution in [1.82, 2.24) is 9.55 Å². The Hall–Kier alpha value is -4.08. The van der Waals surface area contributed by atoms with E-state index in [2.05, 4.69) is 113 Å². The first kappa shape index (κ1) is 17.5. The predicted octanol–water partition coefficient (Wildman–Crippen LogP) is 8.79. The van der Waals surface area contributed by atoms with Crippen LogP contribution in [0.5, 0.6) is 0 Å². The second kappa shape index (κ2) is 6.25. The second-order valence-corrected chi connectivity index (χ2v) is 9.74. The number of aromatic amines is 1. The lowest BCUT2D eigenvalue weighted by molar-refractivity contribution is 1.18. The summed E-state index contributed by atoms with van der Waals surface area (Å²) < 4.78 is 5.09. The number of hydrogen-bond acceptors (Lipinski definition) is 1. The average Bonchev–Trinajstić information content (AvgIpc) is 3.52. The highest BCUT2D eigenvalue weighted by Crippen LogP contribution is 2.41. The van der Waals surface area contributed by atoms with Crippen LogP contribution in [0.2, 0.25) is 0 Å². The molecule has 0 aliphatic rings. The fourth-order valence-electron chi connectivity index (χ4n) is 5.50. The van der Waals surface area contributed by atoms with Gasteiger partial charge in [-0.05, 0) is 36.4 Å². The highest BCUT2D eigenvalue weighted by atomic mass is 32.1. The summed E-state index contributed by atoms with van der Waals surface area (Å²) in [7, 11) is 0. The molecule has 0 saturated carbocycles. The molecule has 0 amide bonds. The molecule has 8 rings (SSSR count). The van der Waals surface area contributed by atoms with Crippen LogP contribution < -0.4 is 0 Å². The Labute approximate surface area is 193 Å². The number of H-pyrrole nitrogens is 1. The van der Waals surface area contributed by atoms with Crippen molar-refractivity contribution in [2.24, 2.45) is 0 Å². The van der Waals surface area contributed by atoms with Gasteiger partial charge >= 0.3 is 0 Å². The maximum atomic E-state index is 3.71. The van der Waals surface area contributed by atoms with Crippen molar-refractivity contribution >= 4 is 75.1 Å². The van der Waals surface area contributed by atoms with E-state index in [-0.39, 0.29) is 0 Å². The van der Waals surface area contributed by atoms with Crippen molar-refractivity contribution in [2.45, 2.75) is 0 Å². The average molecular weight is 439 g/mol.